The Morgan fingerprint density at radius 3 is 2.25 bits per heavy atom. The minimum absolute atomic E-state index is 0.181. The molecule has 0 aliphatic carbocycles. The lowest BCUT2D eigenvalue weighted by Crippen LogP contribution is -2.47. The van der Waals surface area contributed by atoms with Crippen LogP contribution in [0.15, 0.2) is 30.3 Å². The highest BCUT2D eigenvalue weighted by Crippen LogP contribution is 2.24. The van der Waals surface area contributed by atoms with E-state index < -0.39 is 0 Å². The van der Waals surface area contributed by atoms with E-state index in [2.05, 4.69) is 13.8 Å². The number of nitrogens with zero attached hydrogens (tertiary/aromatic N) is 1. The van der Waals surface area contributed by atoms with Crippen LogP contribution >= 0.6 is 0 Å². The van der Waals surface area contributed by atoms with E-state index >= 15 is 0 Å². The number of hydrogen-bond donors (Lipinski definition) is 0. The fourth-order valence-corrected chi connectivity index (χ4v) is 2.55. The predicted molar refractivity (Wildman–Crippen MR) is 65.4 cm³/mol. The Morgan fingerprint density at radius 1 is 1.12 bits per heavy atom. The number of benzene rings is 1. The molecule has 1 aliphatic rings. The Hall–Kier alpha value is -1.31. The molecule has 2 rings (SSSR count). The zero-order valence-electron chi connectivity index (χ0n) is 10.0. The van der Waals surface area contributed by atoms with Crippen LogP contribution in [0.3, 0.4) is 0 Å². The third kappa shape index (κ3) is 2.11. The number of rotatable bonds is 1. The number of carbonyl (C=O) groups is 1. The maximum atomic E-state index is 12.3. The van der Waals surface area contributed by atoms with Gasteiger partial charge in [0, 0.05) is 17.6 Å². The lowest BCUT2D eigenvalue weighted by molar-refractivity contribution is 0.0511. The Morgan fingerprint density at radius 2 is 1.69 bits per heavy atom. The van der Waals surface area contributed by atoms with Crippen molar-refractivity contribution in [1.29, 1.82) is 0 Å². The van der Waals surface area contributed by atoms with Crippen molar-refractivity contribution < 1.29 is 4.79 Å². The van der Waals surface area contributed by atoms with Gasteiger partial charge < -0.3 is 4.90 Å². The van der Waals surface area contributed by atoms with Gasteiger partial charge in [-0.1, -0.05) is 18.2 Å². The summed E-state index contributed by atoms with van der Waals surface area (Å²) in [6.07, 6.45) is 3.49. The third-order valence-electron chi connectivity index (χ3n) is 3.45. The van der Waals surface area contributed by atoms with Gasteiger partial charge in [0.1, 0.15) is 0 Å². The van der Waals surface area contributed by atoms with Gasteiger partial charge in [-0.2, -0.15) is 0 Å². The van der Waals surface area contributed by atoms with Gasteiger partial charge in [-0.05, 0) is 45.2 Å². The molecular formula is C14H19NO. The molecule has 2 heteroatoms. The Labute approximate surface area is 97.3 Å². The predicted octanol–water partition coefficient (Wildman–Crippen LogP) is 3.09. The van der Waals surface area contributed by atoms with E-state index in [1.807, 2.05) is 35.2 Å². The molecule has 0 spiro atoms. The molecule has 0 radical (unpaired) electrons. The highest BCUT2D eigenvalue weighted by atomic mass is 16.2. The summed E-state index contributed by atoms with van der Waals surface area (Å²) in [4.78, 5) is 14.4. The Bertz CT molecular complexity index is 350. The standard InChI is InChI=1S/C14H19NO/c1-11-7-6-8-12(2)15(11)14(16)13-9-4-3-5-10-13/h3-5,9-12H,6-8H2,1-2H3/t11-,12-/m1/s1. The van der Waals surface area contributed by atoms with Crippen LogP contribution in [-0.4, -0.2) is 22.9 Å². The number of amides is 1. The fraction of sp³-hybridized carbons (Fsp3) is 0.500. The zero-order chi connectivity index (χ0) is 11.5. The highest BCUT2D eigenvalue weighted by molar-refractivity contribution is 5.94. The first-order valence-corrected chi connectivity index (χ1v) is 6.08. The normalized spacial score (nSPS) is 25.5. The summed E-state index contributed by atoms with van der Waals surface area (Å²) in [5, 5.41) is 0. The Kier molecular flexibility index (Phi) is 3.28. The second-order valence-electron chi connectivity index (χ2n) is 4.71. The quantitative estimate of drug-likeness (QED) is 0.708. The van der Waals surface area contributed by atoms with Crippen LogP contribution in [-0.2, 0) is 0 Å². The molecule has 2 nitrogen and oxygen atoms in total. The molecule has 1 aromatic carbocycles. The SMILES string of the molecule is C[C@@H]1CCC[C@@H](C)N1C(=O)c1ccccc1. The molecule has 16 heavy (non-hydrogen) atoms. The minimum Gasteiger partial charge on any atom is -0.333 e. The third-order valence-corrected chi connectivity index (χ3v) is 3.45. The smallest absolute Gasteiger partial charge is 0.254 e. The van der Waals surface area contributed by atoms with Crippen LogP contribution in [0.4, 0.5) is 0 Å². The summed E-state index contributed by atoms with van der Waals surface area (Å²) in [6, 6.07) is 10.3. The van der Waals surface area contributed by atoms with Gasteiger partial charge in [-0.25, -0.2) is 0 Å². The summed E-state index contributed by atoms with van der Waals surface area (Å²) < 4.78 is 0. The van der Waals surface area contributed by atoms with E-state index in [1.54, 1.807) is 0 Å². The molecule has 0 N–H and O–H groups in total. The maximum Gasteiger partial charge on any atom is 0.254 e. The largest absolute Gasteiger partial charge is 0.333 e. The number of piperidine rings is 1. The summed E-state index contributed by atoms with van der Waals surface area (Å²) in [5.41, 5.74) is 0.808. The van der Waals surface area contributed by atoms with Crippen molar-refractivity contribution in [3.05, 3.63) is 35.9 Å². The summed E-state index contributed by atoms with van der Waals surface area (Å²) in [5.74, 6) is 0.181. The molecule has 1 amide bonds. The van der Waals surface area contributed by atoms with Gasteiger partial charge in [0.05, 0.1) is 0 Å². The van der Waals surface area contributed by atoms with E-state index in [4.69, 9.17) is 0 Å². The van der Waals surface area contributed by atoms with Gasteiger partial charge in [0.2, 0.25) is 0 Å². The summed E-state index contributed by atoms with van der Waals surface area (Å²) in [6.45, 7) is 4.30. The first kappa shape index (κ1) is 11.2. The molecule has 1 aliphatic heterocycles. The van der Waals surface area contributed by atoms with E-state index in [0.717, 1.165) is 18.4 Å². The second kappa shape index (κ2) is 4.69. The molecular weight excluding hydrogens is 198 g/mol. The Balaban J connectivity index is 2.20. The van der Waals surface area contributed by atoms with Crippen molar-refractivity contribution in [3.63, 3.8) is 0 Å². The fourth-order valence-electron chi connectivity index (χ4n) is 2.55. The molecule has 0 unspecified atom stereocenters. The van der Waals surface area contributed by atoms with E-state index in [1.165, 1.54) is 6.42 Å². The van der Waals surface area contributed by atoms with Crippen LogP contribution in [0.2, 0.25) is 0 Å². The van der Waals surface area contributed by atoms with E-state index in [9.17, 15) is 4.79 Å². The molecule has 0 bridgehead atoms. The first-order chi connectivity index (χ1) is 7.70. The molecule has 1 saturated heterocycles. The van der Waals surface area contributed by atoms with Crippen LogP contribution in [0.1, 0.15) is 43.5 Å². The lowest BCUT2D eigenvalue weighted by Gasteiger charge is -2.39. The first-order valence-electron chi connectivity index (χ1n) is 6.08. The van der Waals surface area contributed by atoms with E-state index in [-0.39, 0.29) is 5.91 Å². The van der Waals surface area contributed by atoms with Gasteiger partial charge in [-0.15, -0.1) is 0 Å². The van der Waals surface area contributed by atoms with Crippen LogP contribution in [0.25, 0.3) is 0 Å². The van der Waals surface area contributed by atoms with Crippen molar-refractivity contribution in [2.24, 2.45) is 0 Å². The number of carbonyl (C=O) groups excluding carboxylic acids is 1. The minimum atomic E-state index is 0.181. The molecule has 1 fully saturated rings. The second-order valence-corrected chi connectivity index (χ2v) is 4.71. The molecule has 1 heterocycles. The van der Waals surface area contributed by atoms with Crippen LogP contribution in [0, 0.1) is 0 Å². The molecule has 1 aromatic rings. The maximum absolute atomic E-state index is 12.3. The van der Waals surface area contributed by atoms with Crippen molar-refractivity contribution in [2.75, 3.05) is 0 Å². The van der Waals surface area contributed by atoms with Gasteiger partial charge in [-0.3, -0.25) is 4.79 Å². The van der Waals surface area contributed by atoms with Crippen LogP contribution < -0.4 is 0 Å². The van der Waals surface area contributed by atoms with Crippen molar-refractivity contribution in [2.45, 2.75) is 45.2 Å². The number of hydrogen-bond acceptors (Lipinski definition) is 1. The topological polar surface area (TPSA) is 20.3 Å². The summed E-state index contributed by atoms with van der Waals surface area (Å²) >= 11 is 0. The van der Waals surface area contributed by atoms with Crippen molar-refractivity contribution in [1.82, 2.24) is 4.90 Å². The highest BCUT2D eigenvalue weighted by Gasteiger charge is 2.29. The van der Waals surface area contributed by atoms with Crippen molar-refractivity contribution >= 4 is 5.91 Å². The molecule has 0 aromatic heterocycles. The number of likely N-dealkylation sites (tertiary alicyclic amines) is 1. The monoisotopic (exact) mass is 217 g/mol. The molecule has 86 valence electrons. The molecule has 2 atom stereocenters. The van der Waals surface area contributed by atoms with Crippen molar-refractivity contribution in [3.8, 4) is 0 Å². The zero-order valence-corrected chi connectivity index (χ0v) is 10.0. The van der Waals surface area contributed by atoms with Gasteiger partial charge >= 0.3 is 0 Å². The van der Waals surface area contributed by atoms with Crippen LogP contribution in [0.5, 0.6) is 0 Å². The lowest BCUT2D eigenvalue weighted by atomic mass is 9.96. The molecule has 0 saturated carbocycles. The van der Waals surface area contributed by atoms with Gasteiger partial charge in [0.15, 0.2) is 0 Å². The van der Waals surface area contributed by atoms with E-state index in [0.29, 0.717) is 12.1 Å². The average molecular weight is 217 g/mol. The summed E-state index contributed by atoms with van der Waals surface area (Å²) in [7, 11) is 0. The average Bonchev–Trinajstić information content (AvgIpc) is 2.30. The van der Waals surface area contributed by atoms with Gasteiger partial charge in [0.25, 0.3) is 5.91 Å².